The van der Waals surface area contributed by atoms with Gasteiger partial charge < -0.3 is 9.88 Å². The Bertz CT molecular complexity index is 1100. The summed E-state index contributed by atoms with van der Waals surface area (Å²) in [5.41, 5.74) is 6.66. The highest BCUT2D eigenvalue weighted by Gasteiger charge is 2.27. The largest absolute Gasteiger partial charge is 0.361 e. The third kappa shape index (κ3) is 2.69. The topological polar surface area (TPSA) is 66.6 Å². The Hall–Kier alpha value is -3.74. The smallest absolute Gasteiger partial charge is 0.215 e. The molecular formula is C20H15FN6. The van der Waals surface area contributed by atoms with E-state index in [1.54, 1.807) is 18.5 Å². The summed E-state index contributed by atoms with van der Waals surface area (Å²) in [5, 5.41) is 7.58. The number of hydrazone groups is 1. The fourth-order valence-corrected chi connectivity index (χ4v) is 3.31. The normalized spacial score (nSPS) is 22.5. The van der Waals surface area contributed by atoms with Crippen molar-refractivity contribution < 1.29 is 4.39 Å². The maximum Gasteiger partial charge on any atom is 0.215 e. The lowest BCUT2D eigenvalue weighted by Crippen LogP contribution is -2.28. The average Bonchev–Trinajstić information content (AvgIpc) is 3.18. The monoisotopic (exact) mass is 358 g/mol. The number of fused-ring (bicyclic) bond motifs is 4. The number of nitrogens with zero attached hydrogens (tertiary/aromatic N) is 4. The molecule has 6 nitrogen and oxygen atoms in total. The first-order chi connectivity index (χ1) is 13.3. The van der Waals surface area contributed by atoms with Crippen LogP contribution in [0.2, 0.25) is 0 Å². The van der Waals surface area contributed by atoms with Gasteiger partial charge in [-0.25, -0.2) is 14.4 Å². The number of aromatic nitrogens is 2. The molecule has 1 unspecified atom stereocenters. The van der Waals surface area contributed by atoms with Gasteiger partial charge >= 0.3 is 0 Å². The van der Waals surface area contributed by atoms with Crippen LogP contribution in [-0.4, -0.2) is 21.1 Å². The minimum absolute atomic E-state index is 0.154. The number of rotatable bonds is 2. The van der Waals surface area contributed by atoms with Crippen LogP contribution in [0.4, 0.5) is 10.1 Å². The van der Waals surface area contributed by atoms with Crippen LogP contribution < -0.4 is 10.7 Å². The molecule has 27 heavy (non-hydrogen) atoms. The van der Waals surface area contributed by atoms with Crippen LogP contribution in [0.5, 0.6) is 0 Å². The zero-order valence-corrected chi connectivity index (χ0v) is 14.2. The summed E-state index contributed by atoms with van der Waals surface area (Å²) in [6.45, 7) is 0. The number of imidazole rings is 1. The number of hydrogen-bond donors (Lipinski definition) is 2. The fraction of sp³-hybridized carbons (Fsp3) is 0.0500. The van der Waals surface area contributed by atoms with Gasteiger partial charge in [0.05, 0.1) is 11.8 Å². The van der Waals surface area contributed by atoms with Gasteiger partial charge in [-0.05, 0) is 24.3 Å². The molecule has 0 amide bonds. The van der Waals surface area contributed by atoms with Gasteiger partial charge in [-0.1, -0.05) is 24.3 Å². The van der Waals surface area contributed by atoms with E-state index < -0.39 is 0 Å². The van der Waals surface area contributed by atoms with E-state index in [0.717, 1.165) is 16.8 Å². The molecule has 5 rings (SSSR count). The zero-order valence-electron chi connectivity index (χ0n) is 14.2. The molecule has 0 spiro atoms. The molecular weight excluding hydrogens is 343 g/mol. The molecule has 1 aromatic carbocycles. The van der Waals surface area contributed by atoms with Crippen molar-refractivity contribution in [1.29, 1.82) is 0 Å². The molecule has 3 heterocycles. The van der Waals surface area contributed by atoms with Crippen molar-refractivity contribution >= 4 is 22.8 Å². The Morgan fingerprint density at radius 3 is 3.15 bits per heavy atom. The summed E-state index contributed by atoms with van der Waals surface area (Å²) >= 11 is 0. The Morgan fingerprint density at radius 1 is 1.26 bits per heavy atom. The van der Waals surface area contributed by atoms with Crippen molar-refractivity contribution in [3.63, 3.8) is 0 Å². The second kappa shape index (κ2) is 6.21. The molecule has 0 fully saturated rings. The third-order valence-electron chi connectivity index (χ3n) is 4.56. The van der Waals surface area contributed by atoms with E-state index in [2.05, 4.69) is 25.8 Å². The van der Waals surface area contributed by atoms with E-state index in [1.165, 1.54) is 12.2 Å². The van der Waals surface area contributed by atoms with Crippen molar-refractivity contribution in [2.24, 2.45) is 10.1 Å². The van der Waals surface area contributed by atoms with Crippen molar-refractivity contribution in [3.05, 3.63) is 90.6 Å². The van der Waals surface area contributed by atoms with Gasteiger partial charge in [0.1, 0.15) is 5.83 Å². The van der Waals surface area contributed by atoms with E-state index in [0.29, 0.717) is 17.4 Å². The van der Waals surface area contributed by atoms with Crippen LogP contribution in [0.1, 0.15) is 17.4 Å². The molecule has 2 aliphatic heterocycles. The number of hydrogen-bond acceptors (Lipinski definition) is 4. The molecule has 0 saturated heterocycles. The molecule has 1 aromatic heterocycles. The lowest BCUT2D eigenvalue weighted by atomic mass is 10.0. The van der Waals surface area contributed by atoms with E-state index >= 15 is 0 Å². The van der Waals surface area contributed by atoms with Crippen LogP contribution in [0.15, 0.2) is 89.3 Å². The predicted octanol–water partition coefficient (Wildman–Crippen LogP) is 3.53. The van der Waals surface area contributed by atoms with Crippen LogP contribution in [-0.2, 0) is 0 Å². The maximum absolute atomic E-state index is 13.6. The molecule has 0 saturated carbocycles. The number of aliphatic imine (C=N–C) groups is 1. The van der Waals surface area contributed by atoms with E-state index in [4.69, 9.17) is 0 Å². The standard InChI is InChI=1S/C20H15FN6/c21-14-5-6-18-17(11-14)25-19(20-23-9-10-27(18)20)26-24-12-13-7-8-22-16-4-2-1-3-15(13)16/h1-12,18,22,24H/b13-12+,26-19+. The lowest BCUT2D eigenvalue weighted by Gasteiger charge is -2.24. The predicted molar refractivity (Wildman–Crippen MR) is 104 cm³/mol. The summed E-state index contributed by atoms with van der Waals surface area (Å²) < 4.78 is 15.5. The van der Waals surface area contributed by atoms with Crippen LogP contribution in [0.3, 0.4) is 0 Å². The molecule has 2 aromatic rings. The summed E-state index contributed by atoms with van der Waals surface area (Å²) in [6, 6.07) is 7.86. The molecule has 1 aliphatic carbocycles. The Morgan fingerprint density at radius 2 is 2.19 bits per heavy atom. The Labute approximate surface area is 154 Å². The molecule has 2 N–H and O–H groups in total. The van der Waals surface area contributed by atoms with Gasteiger partial charge in [0.25, 0.3) is 0 Å². The first kappa shape index (κ1) is 15.5. The molecule has 1 atom stereocenters. The number of nitrogens with one attached hydrogen (secondary N) is 2. The molecule has 132 valence electrons. The van der Waals surface area contributed by atoms with Gasteiger partial charge in [0.15, 0.2) is 5.82 Å². The highest BCUT2D eigenvalue weighted by molar-refractivity contribution is 6.14. The number of anilines is 1. The van der Waals surface area contributed by atoms with Crippen molar-refractivity contribution in [2.45, 2.75) is 6.04 Å². The Kier molecular flexibility index (Phi) is 3.57. The SMILES string of the molecule is FC1=CC2=N/C(=N/N/C=C3\C=CNc4ccccc43)c3nccn3C2C=C1. The van der Waals surface area contributed by atoms with Crippen LogP contribution in [0, 0.1) is 0 Å². The number of allylic oxidation sites excluding steroid dienone is 6. The van der Waals surface area contributed by atoms with E-state index in [1.807, 2.05) is 47.3 Å². The van der Waals surface area contributed by atoms with Crippen molar-refractivity contribution in [1.82, 2.24) is 15.0 Å². The highest BCUT2D eigenvalue weighted by atomic mass is 19.1. The Balaban J connectivity index is 1.47. The third-order valence-corrected chi connectivity index (χ3v) is 4.56. The van der Waals surface area contributed by atoms with Gasteiger partial charge in [-0.15, -0.1) is 0 Å². The minimum Gasteiger partial charge on any atom is -0.361 e. The van der Waals surface area contributed by atoms with Crippen molar-refractivity contribution in [3.8, 4) is 0 Å². The number of amidine groups is 1. The van der Waals surface area contributed by atoms with Crippen molar-refractivity contribution in [2.75, 3.05) is 5.32 Å². The van der Waals surface area contributed by atoms with E-state index in [9.17, 15) is 4.39 Å². The second-order valence-electron chi connectivity index (χ2n) is 6.22. The summed E-state index contributed by atoms with van der Waals surface area (Å²) in [7, 11) is 0. The number of benzene rings is 1. The highest BCUT2D eigenvalue weighted by Crippen LogP contribution is 2.28. The fourth-order valence-electron chi connectivity index (χ4n) is 3.31. The summed E-state index contributed by atoms with van der Waals surface area (Å²) in [4.78, 5) is 8.83. The second-order valence-corrected chi connectivity index (χ2v) is 6.22. The minimum atomic E-state index is -0.320. The summed E-state index contributed by atoms with van der Waals surface area (Å²) in [6.07, 6.45) is 13.8. The average molecular weight is 358 g/mol. The van der Waals surface area contributed by atoms with E-state index in [-0.39, 0.29) is 11.9 Å². The molecule has 0 radical (unpaired) electrons. The molecule has 7 heteroatoms. The maximum atomic E-state index is 13.6. The molecule has 3 aliphatic rings. The van der Waals surface area contributed by atoms with Crippen LogP contribution in [0.25, 0.3) is 5.57 Å². The quantitative estimate of drug-likeness (QED) is 0.807. The van der Waals surface area contributed by atoms with Gasteiger partial charge in [-0.2, -0.15) is 5.10 Å². The lowest BCUT2D eigenvalue weighted by molar-refractivity contribution is 0.652. The van der Waals surface area contributed by atoms with Crippen LogP contribution >= 0.6 is 0 Å². The number of halogens is 1. The molecule has 0 bridgehead atoms. The first-order valence-electron chi connectivity index (χ1n) is 8.53. The number of para-hydroxylation sites is 1. The summed E-state index contributed by atoms with van der Waals surface area (Å²) in [5.74, 6) is 0.726. The first-order valence-corrected chi connectivity index (χ1v) is 8.53. The van der Waals surface area contributed by atoms with Gasteiger partial charge in [0.2, 0.25) is 5.84 Å². The van der Waals surface area contributed by atoms with Gasteiger partial charge in [-0.3, -0.25) is 5.43 Å². The zero-order chi connectivity index (χ0) is 18.2. The van der Waals surface area contributed by atoms with Gasteiger partial charge in [0, 0.05) is 41.6 Å².